The zero-order chi connectivity index (χ0) is 16.2. The molecule has 0 bridgehead atoms. The summed E-state index contributed by atoms with van der Waals surface area (Å²) in [7, 11) is 0. The Balaban J connectivity index is 0.00000208. The lowest BCUT2D eigenvalue weighted by Gasteiger charge is -2.11. The second kappa shape index (κ2) is 8.46. The molecule has 0 aliphatic heterocycles. The van der Waals surface area contributed by atoms with Gasteiger partial charge in [-0.05, 0) is 37.8 Å². The number of imidazole rings is 1. The number of nitrogens with one attached hydrogen (secondary N) is 2. The van der Waals surface area contributed by atoms with Crippen molar-refractivity contribution in [2.45, 2.75) is 39.8 Å². The fourth-order valence-corrected chi connectivity index (χ4v) is 2.46. The number of guanidine groups is 1. The molecule has 2 N–H and O–H groups in total. The van der Waals surface area contributed by atoms with E-state index in [0.717, 1.165) is 35.6 Å². The van der Waals surface area contributed by atoms with E-state index in [9.17, 15) is 0 Å². The van der Waals surface area contributed by atoms with Crippen LogP contribution in [0, 0.1) is 12.8 Å². The monoisotopic (exact) mass is 440 g/mol. The Hall–Kier alpha value is -1.64. The maximum atomic E-state index is 4.64. The van der Waals surface area contributed by atoms with E-state index in [1.54, 1.807) is 6.20 Å². The van der Waals surface area contributed by atoms with Crippen LogP contribution < -0.4 is 10.6 Å². The predicted molar refractivity (Wildman–Crippen MR) is 107 cm³/mol. The number of halogens is 1. The third-order valence-corrected chi connectivity index (χ3v) is 4.08. The average molecular weight is 440 g/mol. The van der Waals surface area contributed by atoms with E-state index in [1.165, 1.54) is 6.42 Å². The molecule has 1 aliphatic rings. The van der Waals surface area contributed by atoms with Gasteiger partial charge in [-0.1, -0.05) is 13.0 Å². The highest BCUT2D eigenvalue weighted by Crippen LogP contribution is 2.28. The van der Waals surface area contributed by atoms with Crippen molar-refractivity contribution in [1.82, 2.24) is 25.2 Å². The molecule has 0 radical (unpaired) electrons. The highest BCUT2D eigenvalue weighted by molar-refractivity contribution is 14.0. The zero-order valence-corrected chi connectivity index (χ0v) is 16.7. The molecule has 2 unspecified atom stereocenters. The zero-order valence-electron chi connectivity index (χ0n) is 14.4. The Morgan fingerprint density at radius 2 is 2.17 bits per heavy atom. The van der Waals surface area contributed by atoms with Gasteiger partial charge in [0.2, 0.25) is 0 Å². The van der Waals surface area contributed by atoms with E-state index in [0.29, 0.717) is 12.6 Å². The summed E-state index contributed by atoms with van der Waals surface area (Å²) in [5.41, 5.74) is 1.09. The fraction of sp³-hybridized carbons (Fsp3) is 0.471. The fourth-order valence-electron chi connectivity index (χ4n) is 2.46. The third kappa shape index (κ3) is 4.68. The van der Waals surface area contributed by atoms with E-state index in [1.807, 2.05) is 30.0 Å². The summed E-state index contributed by atoms with van der Waals surface area (Å²) in [6, 6.07) is 4.63. The van der Waals surface area contributed by atoms with Crippen LogP contribution in [0.4, 0.5) is 0 Å². The first kappa shape index (κ1) is 18.7. The Bertz CT molecular complexity index is 679. The van der Waals surface area contributed by atoms with Crippen LogP contribution in [0.15, 0.2) is 35.7 Å². The summed E-state index contributed by atoms with van der Waals surface area (Å²) in [4.78, 5) is 13.4. The first-order chi connectivity index (χ1) is 11.2. The molecule has 2 aromatic heterocycles. The van der Waals surface area contributed by atoms with Crippen molar-refractivity contribution in [2.75, 3.05) is 6.54 Å². The Morgan fingerprint density at radius 3 is 2.71 bits per heavy atom. The number of hydrogen-bond acceptors (Lipinski definition) is 3. The second-order valence-corrected chi connectivity index (χ2v) is 6.03. The van der Waals surface area contributed by atoms with Gasteiger partial charge in [0.15, 0.2) is 5.96 Å². The van der Waals surface area contributed by atoms with E-state index >= 15 is 0 Å². The lowest BCUT2D eigenvalue weighted by atomic mass is 10.3. The van der Waals surface area contributed by atoms with Crippen molar-refractivity contribution in [3.8, 4) is 5.82 Å². The van der Waals surface area contributed by atoms with Crippen LogP contribution in [0.25, 0.3) is 5.82 Å². The molecular weight excluding hydrogens is 415 g/mol. The van der Waals surface area contributed by atoms with Crippen molar-refractivity contribution >= 4 is 29.9 Å². The minimum Gasteiger partial charge on any atom is -0.357 e. The van der Waals surface area contributed by atoms with Crippen molar-refractivity contribution in [1.29, 1.82) is 0 Å². The van der Waals surface area contributed by atoms with Gasteiger partial charge >= 0.3 is 0 Å². The first-order valence-electron chi connectivity index (χ1n) is 8.17. The van der Waals surface area contributed by atoms with Crippen LogP contribution in [-0.4, -0.2) is 33.1 Å². The van der Waals surface area contributed by atoms with Crippen LogP contribution in [0.5, 0.6) is 0 Å². The number of pyridine rings is 1. The number of rotatable bonds is 5. The molecule has 0 amide bonds. The molecule has 2 atom stereocenters. The van der Waals surface area contributed by atoms with Crippen molar-refractivity contribution < 1.29 is 0 Å². The van der Waals surface area contributed by atoms with Crippen molar-refractivity contribution in [3.05, 3.63) is 42.1 Å². The van der Waals surface area contributed by atoms with Crippen LogP contribution in [0.2, 0.25) is 0 Å². The average Bonchev–Trinajstić information content (AvgIpc) is 3.06. The topological polar surface area (TPSA) is 67.1 Å². The predicted octanol–water partition coefficient (Wildman–Crippen LogP) is 2.66. The Kier molecular flexibility index (Phi) is 6.59. The molecule has 24 heavy (non-hydrogen) atoms. The van der Waals surface area contributed by atoms with Gasteiger partial charge in [0.05, 0.1) is 6.54 Å². The molecule has 7 heteroatoms. The second-order valence-electron chi connectivity index (χ2n) is 6.03. The molecule has 0 spiro atoms. The molecule has 6 nitrogen and oxygen atoms in total. The highest BCUT2D eigenvalue weighted by Gasteiger charge is 2.33. The molecular formula is C17H25IN6. The van der Waals surface area contributed by atoms with Gasteiger partial charge in [0, 0.05) is 31.2 Å². The minimum atomic E-state index is 0. The van der Waals surface area contributed by atoms with Gasteiger partial charge < -0.3 is 10.6 Å². The SMILES string of the molecule is CCNC(=NCc1ccc(-n2ccnc2C)nc1)NC1CC1C.I. The third-order valence-electron chi connectivity index (χ3n) is 4.08. The van der Waals surface area contributed by atoms with Gasteiger partial charge in [-0.25, -0.2) is 15.0 Å². The van der Waals surface area contributed by atoms with E-state index in [-0.39, 0.29) is 24.0 Å². The van der Waals surface area contributed by atoms with Crippen molar-refractivity contribution in [3.63, 3.8) is 0 Å². The molecule has 2 heterocycles. The van der Waals surface area contributed by atoms with Crippen LogP contribution in [0.3, 0.4) is 0 Å². The van der Waals surface area contributed by atoms with Crippen molar-refractivity contribution in [2.24, 2.45) is 10.9 Å². The summed E-state index contributed by atoms with van der Waals surface area (Å²) < 4.78 is 1.97. The van der Waals surface area contributed by atoms with Gasteiger partial charge in [-0.15, -0.1) is 24.0 Å². The molecule has 1 saturated carbocycles. The molecule has 130 valence electrons. The van der Waals surface area contributed by atoms with E-state index in [2.05, 4.69) is 45.5 Å². The van der Waals surface area contributed by atoms with Crippen LogP contribution in [-0.2, 0) is 6.54 Å². The normalized spacial score (nSPS) is 19.5. The maximum absolute atomic E-state index is 4.64. The first-order valence-corrected chi connectivity index (χ1v) is 8.17. The largest absolute Gasteiger partial charge is 0.357 e. The smallest absolute Gasteiger partial charge is 0.191 e. The summed E-state index contributed by atoms with van der Waals surface area (Å²) in [6.45, 7) is 7.78. The van der Waals surface area contributed by atoms with E-state index in [4.69, 9.17) is 0 Å². The number of aryl methyl sites for hydroxylation is 1. The standard InChI is InChI=1S/C17H24N6.HI/c1-4-18-17(22-15-9-12(15)2)21-11-14-5-6-16(20-10-14)23-8-7-19-13(23)3;/h5-8,10,12,15H,4,9,11H2,1-3H3,(H2,18,21,22);1H. The highest BCUT2D eigenvalue weighted by atomic mass is 127. The molecule has 0 saturated heterocycles. The van der Waals surface area contributed by atoms with E-state index < -0.39 is 0 Å². The molecule has 1 aliphatic carbocycles. The number of nitrogens with zero attached hydrogens (tertiary/aromatic N) is 4. The maximum Gasteiger partial charge on any atom is 0.191 e. The number of aromatic nitrogens is 3. The Labute approximate surface area is 160 Å². The lowest BCUT2D eigenvalue weighted by molar-refractivity contribution is 0.766. The summed E-state index contributed by atoms with van der Waals surface area (Å²) >= 11 is 0. The van der Waals surface area contributed by atoms with Gasteiger partial charge in [-0.3, -0.25) is 4.57 Å². The summed E-state index contributed by atoms with van der Waals surface area (Å²) in [5.74, 6) is 3.44. The number of aliphatic imine (C=N–C) groups is 1. The van der Waals surface area contributed by atoms with Crippen LogP contribution >= 0.6 is 24.0 Å². The molecule has 0 aromatic carbocycles. The van der Waals surface area contributed by atoms with Gasteiger partial charge in [-0.2, -0.15) is 0 Å². The minimum absolute atomic E-state index is 0. The molecule has 3 rings (SSSR count). The molecule has 2 aromatic rings. The quantitative estimate of drug-likeness (QED) is 0.426. The lowest BCUT2D eigenvalue weighted by Crippen LogP contribution is -2.39. The van der Waals surface area contributed by atoms with Gasteiger partial charge in [0.1, 0.15) is 11.6 Å². The number of hydrogen-bond donors (Lipinski definition) is 2. The Morgan fingerprint density at radius 1 is 1.38 bits per heavy atom. The summed E-state index contributed by atoms with van der Waals surface area (Å²) in [5, 5.41) is 6.75. The van der Waals surface area contributed by atoms with Crippen LogP contribution in [0.1, 0.15) is 31.7 Å². The van der Waals surface area contributed by atoms with Gasteiger partial charge in [0.25, 0.3) is 0 Å². The molecule has 1 fully saturated rings. The summed E-state index contributed by atoms with van der Waals surface area (Å²) in [6.07, 6.45) is 6.80.